The van der Waals surface area contributed by atoms with Gasteiger partial charge in [0.15, 0.2) is 0 Å². The van der Waals surface area contributed by atoms with Crippen molar-refractivity contribution in [3.05, 3.63) is 101 Å². The van der Waals surface area contributed by atoms with Crippen LogP contribution in [0.1, 0.15) is 28.4 Å². The topological polar surface area (TPSA) is 9.23 Å². The van der Waals surface area contributed by atoms with Crippen LogP contribution in [0.3, 0.4) is 0 Å². The molecule has 0 saturated carbocycles. The Bertz CT molecular complexity index is 1130. The van der Waals surface area contributed by atoms with Crippen LogP contribution in [-0.2, 0) is 6.42 Å². The van der Waals surface area contributed by atoms with Crippen molar-refractivity contribution in [2.45, 2.75) is 26.4 Å². The number of hydrogen-bond donors (Lipinski definition) is 0. The molecular formula is C26H22O. The van der Waals surface area contributed by atoms with Crippen molar-refractivity contribution in [3.63, 3.8) is 0 Å². The minimum absolute atomic E-state index is 0.0937. The summed E-state index contributed by atoms with van der Waals surface area (Å²) in [6, 6.07) is 28.0. The van der Waals surface area contributed by atoms with Crippen molar-refractivity contribution in [2.24, 2.45) is 0 Å². The van der Waals surface area contributed by atoms with Gasteiger partial charge in [0.05, 0.1) is 0 Å². The summed E-state index contributed by atoms with van der Waals surface area (Å²) in [5.74, 6) is 1.03. The van der Waals surface area contributed by atoms with Gasteiger partial charge in [0, 0.05) is 12.0 Å². The van der Waals surface area contributed by atoms with Gasteiger partial charge < -0.3 is 4.74 Å². The standard InChI is InChI=1S/C26H22O/c1-17-13-18(2)26-21(19-9-5-3-6-10-19)15-25-22(23(26)14-17)16-24(27-25)20-11-7-4-8-12-20/h3-15,24H,16H2,1-2H3. The summed E-state index contributed by atoms with van der Waals surface area (Å²) in [5.41, 5.74) is 7.71. The van der Waals surface area contributed by atoms with Gasteiger partial charge in [0.25, 0.3) is 0 Å². The summed E-state index contributed by atoms with van der Waals surface area (Å²) in [4.78, 5) is 0. The van der Waals surface area contributed by atoms with E-state index in [1.54, 1.807) is 0 Å². The highest BCUT2D eigenvalue weighted by Crippen LogP contribution is 2.45. The van der Waals surface area contributed by atoms with Gasteiger partial charge in [-0.05, 0) is 52.9 Å². The molecule has 4 aromatic carbocycles. The quantitative estimate of drug-likeness (QED) is 0.386. The lowest BCUT2D eigenvalue weighted by molar-refractivity contribution is 0.239. The normalized spacial score (nSPS) is 15.6. The minimum Gasteiger partial charge on any atom is -0.485 e. The number of ether oxygens (including phenoxy) is 1. The van der Waals surface area contributed by atoms with Crippen LogP contribution in [0.15, 0.2) is 78.9 Å². The molecule has 0 fully saturated rings. The maximum absolute atomic E-state index is 6.44. The summed E-state index contributed by atoms with van der Waals surface area (Å²) in [5, 5.41) is 2.69. The van der Waals surface area contributed by atoms with Crippen LogP contribution in [0.5, 0.6) is 5.75 Å². The first kappa shape index (κ1) is 16.1. The van der Waals surface area contributed by atoms with Crippen molar-refractivity contribution in [2.75, 3.05) is 0 Å². The van der Waals surface area contributed by atoms with E-state index in [-0.39, 0.29) is 6.10 Å². The molecule has 1 heteroatoms. The Morgan fingerprint density at radius 3 is 2.26 bits per heavy atom. The van der Waals surface area contributed by atoms with Crippen molar-refractivity contribution >= 4 is 10.8 Å². The number of aryl methyl sites for hydroxylation is 2. The largest absolute Gasteiger partial charge is 0.485 e. The van der Waals surface area contributed by atoms with E-state index in [9.17, 15) is 0 Å². The maximum Gasteiger partial charge on any atom is 0.128 e. The van der Waals surface area contributed by atoms with Crippen LogP contribution < -0.4 is 4.74 Å². The molecule has 4 aromatic rings. The van der Waals surface area contributed by atoms with Crippen molar-refractivity contribution in [1.29, 1.82) is 0 Å². The fourth-order valence-electron chi connectivity index (χ4n) is 4.38. The van der Waals surface area contributed by atoms with Gasteiger partial charge in [-0.15, -0.1) is 0 Å². The average Bonchev–Trinajstić information content (AvgIpc) is 3.13. The third-order valence-corrected chi connectivity index (χ3v) is 5.56. The fraction of sp³-hybridized carbons (Fsp3) is 0.154. The van der Waals surface area contributed by atoms with E-state index in [4.69, 9.17) is 4.74 Å². The Hall–Kier alpha value is -3.06. The molecule has 0 N–H and O–H groups in total. The second-order valence-corrected chi connectivity index (χ2v) is 7.49. The number of benzene rings is 4. The van der Waals surface area contributed by atoms with Gasteiger partial charge in [0.2, 0.25) is 0 Å². The van der Waals surface area contributed by atoms with Crippen LogP contribution in [0.25, 0.3) is 21.9 Å². The Morgan fingerprint density at radius 2 is 1.52 bits per heavy atom. The Balaban J connectivity index is 1.75. The summed E-state index contributed by atoms with van der Waals surface area (Å²) in [6.45, 7) is 4.40. The van der Waals surface area contributed by atoms with Gasteiger partial charge in [0.1, 0.15) is 11.9 Å². The molecule has 1 atom stereocenters. The van der Waals surface area contributed by atoms with Gasteiger partial charge in [-0.3, -0.25) is 0 Å². The van der Waals surface area contributed by atoms with Gasteiger partial charge in [-0.25, -0.2) is 0 Å². The number of fused-ring (bicyclic) bond motifs is 3. The SMILES string of the molecule is Cc1cc(C)c2c(-c3ccccc3)cc3c(c2c1)CC(c1ccccc1)O3. The molecule has 1 heterocycles. The lowest BCUT2D eigenvalue weighted by Gasteiger charge is -2.14. The average molecular weight is 350 g/mol. The third kappa shape index (κ3) is 2.71. The monoisotopic (exact) mass is 350 g/mol. The Kier molecular flexibility index (Phi) is 3.75. The second kappa shape index (κ2) is 6.28. The zero-order chi connectivity index (χ0) is 18.4. The van der Waals surface area contributed by atoms with Crippen LogP contribution in [-0.4, -0.2) is 0 Å². The predicted octanol–water partition coefficient (Wildman–Crippen LogP) is 6.80. The summed E-state index contributed by atoms with van der Waals surface area (Å²) < 4.78 is 6.44. The van der Waals surface area contributed by atoms with E-state index < -0.39 is 0 Å². The van der Waals surface area contributed by atoms with E-state index in [1.807, 2.05) is 0 Å². The van der Waals surface area contributed by atoms with Crippen molar-refractivity contribution in [1.82, 2.24) is 0 Å². The van der Waals surface area contributed by atoms with Crippen LogP contribution in [0, 0.1) is 13.8 Å². The molecule has 1 unspecified atom stereocenters. The van der Waals surface area contributed by atoms with E-state index >= 15 is 0 Å². The van der Waals surface area contributed by atoms with E-state index in [0.29, 0.717) is 0 Å². The number of rotatable bonds is 2. The molecule has 0 aromatic heterocycles. The van der Waals surface area contributed by atoms with Gasteiger partial charge >= 0.3 is 0 Å². The van der Waals surface area contributed by atoms with Crippen molar-refractivity contribution < 1.29 is 4.74 Å². The molecule has 1 nitrogen and oxygen atoms in total. The molecule has 27 heavy (non-hydrogen) atoms. The van der Waals surface area contributed by atoms with E-state index in [0.717, 1.165) is 12.2 Å². The molecule has 1 aliphatic heterocycles. The molecular weight excluding hydrogens is 328 g/mol. The lowest BCUT2D eigenvalue weighted by atomic mass is 9.89. The molecule has 0 spiro atoms. The first-order chi connectivity index (χ1) is 13.2. The summed E-state index contributed by atoms with van der Waals surface area (Å²) in [7, 11) is 0. The lowest BCUT2D eigenvalue weighted by Crippen LogP contribution is -2.02. The predicted molar refractivity (Wildman–Crippen MR) is 112 cm³/mol. The molecule has 0 bridgehead atoms. The molecule has 5 rings (SSSR count). The zero-order valence-electron chi connectivity index (χ0n) is 15.7. The smallest absolute Gasteiger partial charge is 0.128 e. The van der Waals surface area contributed by atoms with Crippen LogP contribution in [0.2, 0.25) is 0 Å². The Morgan fingerprint density at radius 1 is 0.815 bits per heavy atom. The van der Waals surface area contributed by atoms with Crippen molar-refractivity contribution in [3.8, 4) is 16.9 Å². The van der Waals surface area contributed by atoms with E-state index in [2.05, 4.69) is 92.7 Å². The highest BCUT2D eigenvalue weighted by Gasteiger charge is 2.28. The fourth-order valence-corrected chi connectivity index (χ4v) is 4.38. The highest BCUT2D eigenvalue weighted by molar-refractivity contribution is 6.02. The second-order valence-electron chi connectivity index (χ2n) is 7.49. The van der Waals surface area contributed by atoms with Crippen LogP contribution in [0.4, 0.5) is 0 Å². The maximum atomic E-state index is 6.44. The first-order valence-corrected chi connectivity index (χ1v) is 9.54. The molecule has 132 valence electrons. The van der Waals surface area contributed by atoms with Crippen LogP contribution >= 0.6 is 0 Å². The molecule has 0 aliphatic carbocycles. The first-order valence-electron chi connectivity index (χ1n) is 9.54. The summed E-state index contributed by atoms with van der Waals surface area (Å²) >= 11 is 0. The molecule has 0 radical (unpaired) electrons. The van der Waals surface area contributed by atoms with E-state index in [1.165, 1.54) is 44.2 Å². The Labute approximate surface area is 160 Å². The summed E-state index contributed by atoms with van der Waals surface area (Å²) in [6.07, 6.45) is 1.02. The van der Waals surface area contributed by atoms with Gasteiger partial charge in [-0.1, -0.05) is 78.4 Å². The highest BCUT2D eigenvalue weighted by atomic mass is 16.5. The zero-order valence-corrected chi connectivity index (χ0v) is 15.7. The minimum atomic E-state index is 0.0937. The van der Waals surface area contributed by atoms with Gasteiger partial charge in [-0.2, -0.15) is 0 Å². The molecule has 1 aliphatic rings. The molecule has 0 amide bonds. The molecule has 0 saturated heterocycles. The third-order valence-electron chi connectivity index (χ3n) is 5.56. The number of hydrogen-bond acceptors (Lipinski definition) is 1.